The molecule has 1 fully saturated rings. The Morgan fingerprint density at radius 3 is 2.92 bits per heavy atom. The first-order valence-electron chi connectivity index (χ1n) is 4.80. The third kappa shape index (κ3) is 2.01. The second-order valence-corrected chi connectivity index (χ2v) is 10.8. The van der Waals surface area contributed by atoms with Crippen molar-refractivity contribution >= 4 is 28.5 Å². The van der Waals surface area contributed by atoms with E-state index in [1.165, 1.54) is 17.7 Å². The first-order chi connectivity index (χ1) is 6.38. The largest absolute Gasteiger partial charge is 0.427 e. The van der Waals surface area contributed by atoms with Gasteiger partial charge in [0.2, 0.25) is 0 Å². The Bertz CT molecular complexity index is 287. The van der Waals surface area contributed by atoms with Crippen LogP contribution >= 0.6 is 0 Å². The van der Waals surface area contributed by atoms with Crippen LogP contribution in [0.2, 0.25) is 6.04 Å². The average Bonchev–Trinajstić information content (AvgIpc) is 2.20. The maximum absolute atomic E-state index is 5.95. The van der Waals surface area contributed by atoms with Crippen LogP contribution in [-0.2, 0) is 4.43 Å². The summed E-state index contributed by atoms with van der Waals surface area (Å²) >= 11 is 0. The Balaban J connectivity index is 2.18. The lowest BCUT2D eigenvalue weighted by Crippen LogP contribution is -2.42. The highest BCUT2D eigenvalue weighted by molar-refractivity contribution is 7.17. The second kappa shape index (κ2) is 4.08. The fourth-order valence-corrected chi connectivity index (χ4v) is 9.17. The van der Waals surface area contributed by atoms with Gasteiger partial charge < -0.3 is 10.2 Å². The van der Waals surface area contributed by atoms with Crippen molar-refractivity contribution < 1.29 is 4.43 Å². The van der Waals surface area contributed by atoms with Gasteiger partial charge in [-0.2, -0.15) is 0 Å². The van der Waals surface area contributed by atoms with Crippen LogP contribution in [0.3, 0.4) is 0 Å². The number of anilines is 1. The van der Waals surface area contributed by atoms with Gasteiger partial charge in [-0.15, -0.1) is 0 Å². The molecule has 1 aliphatic heterocycles. The van der Waals surface area contributed by atoms with E-state index < -0.39 is 8.31 Å². The number of nitrogen functional groups attached to an aromatic ring is 1. The quantitative estimate of drug-likeness (QED) is 0.509. The fraction of sp³-hybridized carbons (Fsp3) is 0.333. The van der Waals surface area contributed by atoms with Crippen molar-refractivity contribution in [2.45, 2.75) is 12.5 Å². The van der Waals surface area contributed by atoms with E-state index in [0.717, 1.165) is 12.3 Å². The van der Waals surface area contributed by atoms with Gasteiger partial charge >= 0.3 is 0 Å². The average molecular weight is 209 g/mol. The van der Waals surface area contributed by atoms with Gasteiger partial charge in [-0.05, 0) is 17.7 Å². The van der Waals surface area contributed by atoms with Gasteiger partial charge in [0.1, 0.15) is 0 Å². The molecule has 0 radical (unpaired) electrons. The summed E-state index contributed by atoms with van der Waals surface area (Å²) in [5.41, 5.74) is 6.95. The minimum Gasteiger partial charge on any atom is -0.427 e. The van der Waals surface area contributed by atoms with E-state index >= 15 is 0 Å². The summed E-state index contributed by atoms with van der Waals surface area (Å²) in [4.78, 5) is 0. The maximum Gasteiger partial charge on any atom is 0.152 e. The normalized spacial score (nSPS) is 24.8. The summed E-state index contributed by atoms with van der Waals surface area (Å²) in [6.07, 6.45) is 1.25. The number of hydrogen-bond acceptors (Lipinski definition) is 2. The highest BCUT2D eigenvalue weighted by Crippen LogP contribution is 2.08. The number of benzene rings is 1. The Morgan fingerprint density at radius 1 is 1.38 bits per heavy atom. The highest BCUT2D eigenvalue weighted by atomic mass is 29.2. The van der Waals surface area contributed by atoms with Crippen LogP contribution in [0.1, 0.15) is 6.42 Å². The zero-order valence-electron chi connectivity index (χ0n) is 7.70. The Kier molecular flexibility index (Phi) is 2.82. The van der Waals surface area contributed by atoms with Gasteiger partial charge in [0.05, 0.1) is 8.31 Å². The van der Waals surface area contributed by atoms with E-state index in [-0.39, 0.29) is 9.28 Å². The van der Waals surface area contributed by atoms with Crippen LogP contribution in [0.25, 0.3) is 0 Å². The zero-order valence-corrected chi connectivity index (χ0v) is 10.3. The molecule has 0 bridgehead atoms. The van der Waals surface area contributed by atoms with Crippen LogP contribution in [0.5, 0.6) is 0 Å². The van der Waals surface area contributed by atoms with E-state index in [4.69, 9.17) is 10.2 Å². The molecule has 0 aliphatic carbocycles. The Morgan fingerprint density at radius 2 is 2.23 bits per heavy atom. The lowest BCUT2D eigenvalue weighted by molar-refractivity contribution is 0.336. The molecule has 1 saturated heterocycles. The van der Waals surface area contributed by atoms with Crippen LogP contribution in [0, 0.1) is 0 Å². The summed E-state index contributed by atoms with van der Waals surface area (Å²) in [6, 6.07) is 9.74. The predicted molar refractivity (Wildman–Crippen MR) is 61.6 cm³/mol. The number of para-hydroxylation sites is 1. The van der Waals surface area contributed by atoms with E-state index in [2.05, 4.69) is 12.1 Å². The van der Waals surface area contributed by atoms with Gasteiger partial charge in [-0.3, -0.25) is 0 Å². The van der Waals surface area contributed by atoms with Crippen molar-refractivity contribution in [3.63, 3.8) is 0 Å². The van der Waals surface area contributed by atoms with Crippen LogP contribution in [0.4, 0.5) is 5.69 Å². The molecule has 0 aromatic heterocycles. The van der Waals surface area contributed by atoms with Crippen LogP contribution in [-0.4, -0.2) is 24.2 Å². The molecule has 2 nitrogen and oxygen atoms in total. The summed E-state index contributed by atoms with van der Waals surface area (Å²) in [7, 11) is -0.970. The van der Waals surface area contributed by atoms with Gasteiger partial charge in [0.15, 0.2) is 9.28 Å². The van der Waals surface area contributed by atoms with E-state index in [1.54, 1.807) is 0 Å². The van der Waals surface area contributed by atoms with Crippen molar-refractivity contribution in [1.29, 1.82) is 0 Å². The molecule has 4 heteroatoms. The minimum absolute atomic E-state index is 0.238. The van der Waals surface area contributed by atoms with E-state index in [9.17, 15) is 0 Å². The van der Waals surface area contributed by atoms with Crippen molar-refractivity contribution in [1.82, 2.24) is 0 Å². The van der Waals surface area contributed by atoms with Crippen LogP contribution < -0.4 is 10.9 Å². The van der Waals surface area contributed by atoms with Gasteiger partial charge in [-0.1, -0.05) is 24.2 Å². The second-order valence-electron chi connectivity index (χ2n) is 3.54. The van der Waals surface area contributed by atoms with Crippen molar-refractivity contribution in [2.24, 2.45) is 0 Å². The molecule has 70 valence electrons. The molecule has 2 rings (SSSR count). The van der Waals surface area contributed by atoms with Crippen LogP contribution in [0.15, 0.2) is 24.3 Å². The molecular formula is C9H15NOSi2. The third-order valence-electron chi connectivity index (χ3n) is 2.60. The smallest absolute Gasteiger partial charge is 0.152 e. The molecule has 1 aromatic carbocycles. The lowest BCUT2D eigenvalue weighted by atomic mass is 10.3. The predicted octanol–water partition coefficient (Wildman–Crippen LogP) is -0.296. The molecule has 2 N–H and O–H groups in total. The highest BCUT2D eigenvalue weighted by Gasteiger charge is 2.19. The summed E-state index contributed by atoms with van der Waals surface area (Å²) in [6.45, 7) is 1.00. The van der Waals surface area contributed by atoms with Crippen molar-refractivity contribution in [3.8, 4) is 0 Å². The zero-order chi connectivity index (χ0) is 9.10. The first kappa shape index (κ1) is 8.99. The minimum atomic E-state index is -0.732. The summed E-state index contributed by atoms with van der Waals surface area (Å²) in [5.74, 6) is 0. The molecule has 0 saturated carbocycles. The van der Waals surface area contributed by atoms with Crippen molar-refractivity contribution in [2.75, 3.05) is 12.3 Å². The van der Waals surface area contributed by atoms with Crippen molar-refractivity contribution in [3.05, 3.63) is 24.3 Å². The molecule has 1 heterocycles. The van der Waals surface area contributed by atoms with Gasteiger partial charge in [0, 0.05) is 12.3 Å². The molecule has 13 heavy (non-hydrogen) atoms. The standard InChI is InChI=1S/C9H15NOSi2/c10-8-4-1-2-5-9(8)13-7-3-6-11-12-13/h1-2,4-5,13H,3,6-7,10,12H2. The molecule has 1 aromatic rings. The Hall–Kier alpha value is -0.586. The summed E-state index contributed by atoms with van der Waals surface area (Å²) in [5, 5.41) is 1.45. The molecule has 1 unspecified atom stereocenters. The fourth-order valence-electron chi connectivity index (χ4n) is 1.87. The third-order valence-corrected chi connectivity index (χ3v) is 10.5. The molecule has 0 spiro atoms. The maximum atomic E-state index is 5.95. The molecule has 0 amide bonds. The van der Waals surface area contributed by atoms with Gasteiger partial charge in [-0.25, -0.2) is 0 Å². The number of nitrogens with two attached hydrogens (primary N) is 1. The number of rotatable bonds is 1. The molecular weight excluding hydrogens is 194 g/mol. The van der Waals surface area contributed by atoms with E-state index in [0.29, 0.717) is 0 Å². The van der Waals surface area contributed by atoms with E-state index in [1.807, 2.05) is 12.1 Å². The topological polar surface area (TPSA) is 35.2 Å². The monoisotopic (exact) mass is 209 g/mol. The lowest BCUT2D eigenvalue weighted by Gasteiger charge is -2.21. The molecule has 1 atom stereocenters. The van der Waals surface area contributed by atoms with Gasteiger partial charge in [0.25, 0.3) is 0 Å². The first-order valence-corrected chi connectivity index (χ1v) is 10.0. The number of hydrogen-bond donors (Lipinski definition) is 1. The SMILES string of the molecule is Nc1ccccc1[SiH]1CCCO[SiH2]1. The Labute approximate surface area is 82.4 Å². The molecule has 1 aliphatic rings. The summed E-state index contributed by atoms with van der Waals surface area (Å²) < 4.78 is 5.64.